The molecule has 1 aliphatic heterocycles. The molecular formula is C17H23NO4S. The van der Waals surface area contributed by atoms with Gasteiger partial charge in [-0.15, -0.1) is 0 Å². The first-order valence-corrected chi connectivity index (χ1v) is 9.82. The van der Waals surface area contributed by atoms with Gasteiger partial charge in [-0.25, -0.2) is 13.2 Å². The Morgan fingerprint density at radius 3 is 2.17 bits per heavy atom. The van der Waals surface area contributed by atoms with Gasteiger partial charge in [-0.05, 0) is 62.8 Å². The molecule has 1 saturated carbocycles. The van der Waals surface area contributed by atoms with Crippen LogP contribution in [0.2, 0.25) is 0 Å². The standard InChI is InChI=1S/C17H23NO4S/c19-17(22-15-6-2-1-3-7-15)14-8-10-16(11-9-14)23(20,21)18-12-4-5-13-18/h8-11,15H,1-7,12-13H2. The lowest BCUT2D eigenvalue weighted by molar-refractivity contribution is 0.0211. The van der Waals surface area contributed by atoms with E-state index in [0.717, 1.165) is 38.5 Å². The van der Waals surface area contributed by atoms with E-state index in [1.165, 1.54) is 22.9 Å². The van der Waals surface area contributed by atoms with Crippen LogP contribution in [-0.2, 0) is 14.8 Å². The summed E-state index contributed by atoms with van der Waals surface area (Å²) in [6.45, 7) is 1.15. The number of ether oxygens (including phenoxy) is 1. The first-order chi connectivity index (χ1) is 11.1. The molecule has 0 atom stereocenters. The van der Waals surface area contributed by atoms with Crippen molar-refractivity contribution in [2.45, 2.75) is 55.9 Å². The summed E-state index contributed by atoms with van der Waals surface area (Å²) in [6.07, 6.45) is 7.08. The van der Waals surface area contributed by atoms with Gasteiger partial charge >= 0.3 is 5.97 Å². The molecule has 3 rings (SSSR count). The summed E-state index contributed by atoms with van der Waals surface area (Å²) >= 11 is 0. The van der Waals surface area contributed by atoms with Gasteiger partial charge in [0.1, 0.15) is 6.10 Å². The second kappa shape index (κ2) is 7.01. The molecule has 0 unspecified atom stereocenters. The summed E-state index contributed by atoms with van der Waals surface area (Å²) < 4.78 is 31.9. The highest BCUT2D eigenvalue weighted by atomic mass is 32.2. The Bertz CT molecular complexity index is 642. The van der Waals surface area contributed by atoms with Gasteiger partial charge in [-0.3, -0.25) is 0 Å². The van der Waals surface area contributed by atoms with E-state index in [-0.39, 0.29) is 17.0 Å². The van der Waals surface area contributed by atoms with E-state index in [1.54, 1.807) is 12.1 Å². The molecule has 6 heteroatoms. The Morgan fingerprint density at radius 2 is 1.57 bits per heavy atom. The van der Waals surface area contributed by atoms with Gasteiger partial charge in [0, 0.05) is 13.1 Å². The quantitative estimate of drug-likeness (QED) is 0.793. The topological polar surface area (TPSA) is 63.7 Å². The van der Waals surface area contributed by atoms with E-state index >= 15 is 0 Å². The minimum Gasteiger partial charge on any atom is -0.459 e. The molecule has 1 aromatic rings. The lowest BCUT2D eigenvalue weighted by Crippen LogP contribution is -2.27. The molecule has 0 bridgehead atoms. The van der Waals surface area contributed by atoms with Crippen LogP contribution < -0.4 is 0 Å². The van der Waals surface area contributed by atoms with Crippen LogP contribution in [0.15, 0.2) is 29.2 Å². The van der Waals surface area contributed by atoms with Crippen molar-refractivity contribution in [2.24, 2.45) is 0 Å². The first-order valence-electron chi connectivity index (χ1n) is 8.38. The highest BCUT2D eigenvalue weighted by molar-refractivity contribution is 7.89. The molecular weight excluding hydrogens is 314 g/mol. The van der Waals surface area contributed by atoms with Crippen molar-refractivity contribution in [3.05, 3.63) is 29.8 Å². The maximum Gasteiger partial charge on any atom is 0.338 e. The Balaban J connectivity index is 1.67. The Kier molecular flexibility index (Phi) is 5.02. The van der Waals surface area contributed by atoms with Crippen molar-refractivity contribution in [3.8, 4) is 0 Å². The Hall–Kier alpha value is -1.40. The van der Waals surface area contributed by atoms with Gasteiger partial charge in [-0.2, -0.15) is 4.31 Å². The van der Waals surface area contributed by atoms with Crippen molar-refractivity contribution in [2.75, 3.05) is 13.1 Å². The zero-order chi connectivity index (χ0) is 16.3. The van der Waals surface area contributed by atoms with Crippen LogP contribution in [0, 0.1) is 0 Å². The monoisotopic (exact) mass is 337 g/mol. The fourth-order valence-corrected chi connectivity index (χ4v) is 4.76. The molecule has 0 aromatic heterocycles. The maximum atomic E-state index is 12.4. The van der Waals surface area contributed by atoms with Crippen molar-refractivity contribution in [3.63, 3.8) is 0 Å². The predicted molar refractivity (Wildman–Crippen MR) is 86.7 cm³/mol. The molecule has 0 amide bonds. The third kappa shape index (κ3) is 3.75. The Labute approximate surface area is 137 Å². The number of hydrogen-bond acceptors (Lipinski definition) is 4. The number of hydrogen-bond donors (Lipinski definition) is 0. The highest BCUT2D eigenvalue weighted by Gasteiger charge is 2.27. The molecule has 2 fully saturated rings. The van der Waals surface area contributed by atoms with E-state index in [4.69, 9.17) is 4.74 Å². The molecule has 126 valence electrons. The average Bonchev–Trinajstić information content (AvgIpc) is 3.11. The van der Waals surface area contributed by atoms with Crippen LogP contribution in [0.3, 0.4) is 0 Å². The average molecular weight is 337 g/mol. The number of carbonyl (C=O) groups excluding carboxylic acids is 1. The lowest BCUT2D eigenvalue weighted by atomic mass is 9.98. The van der Waals surface area contributed by atoms with Gasteiger partial charge in [0.15, 0.2) is 0 Å². The van der Waals surface area contributed by atoms with Crippen LogP contribution in [0.1, 0.15) is 55.3 Å². The van der Waals surface area contributed by atoms with Gasteiger partial charge < -0.3 is 4.74 Å². The molecule has 0 radical (unpaired) electrons. The molecule has 5 nitrogen and oxygen atoms in total. The van der Waals surface area contributed by atoms with Crippen LogP contribution in [0.5, 0.6) is 0 Å². The molecule has 1 aliphatic carbocycles. The number of carbonyl (C=O) groups is 1. The third-order valence-electron chi connectivity index (χ3n) is 4.62. The normalized spacial score (nSPS) is 20.5. The van der Waals surface area contributed by atoms with Crippen LogP contribution in [0.4, 0.5) is 0 Å². The van der Waals surface area contributed by atoms with E-state index < -0.39 is 10.0 Å². The first kappa shape index (κ1) is 16.5. The lowest BCUT2D eigenvalue weighted by Gasteiger charge is -2.21. The predicted octanol–water partition coefficient (Wildman–Crippen LogP) is 2.96. The molecule has 1 saturated heterocycles. The molecule has 0 spiro atoms. The smallest absolute Gasteiger partial charge is 0.338 e. The number of sulfonamides is 1. The van der Waals surface area contributed by atoms with Gasteiger partial charge in [-0.1, -0.05) is 6.42 Å². The van der Waals surface area contributed by atoms with Gasteiger partial charge in [0.2, 0.25) is 10.0 Å². The molecule has 23 heavy (non-hydrogen) atoms. The third-order valence-corrected chi connectivity index (χ3v) is 6.53. The molecule has 1 heterocycles. The van der Waals surface area contributed by atoms with Crippen LogP contribution in [-0.4, -0.2) is 37.9 Å². The summed E-state index contributed by atoms with van der Waals surface area (Å²) in [6, 6.07) is 6.11. The summed E-state index contributed by atoms with van der Waals surface area (Å²) in [4.78, 5) is 12.4. The van der Waals surface area contributed by atoms with Crippen molar-refractivity contribution >= 4 is 16.0 Å². The largest absolute Gasteiger partial charge is 0.459 e. The van der Waals surface area contributed by atoms with Gasteiger partial charge in [0.05, 0.1) is 10.5 Å². The minimum absolute atomic E-state index is 0.00394. The summed E-state index contributed by atoms with van der Waals surface area (Å²) in [5, 5.41) is 0. The fourth-order valence-electron chi connectivity index (χ4n) is 3.24. The van der Waals surface area contributed by atoms with E-state index in [2.05, 4.69) is 0 Å². The number of rotatable bonds is 4. The second-order valence-electron chi connectivity index (χ2n) is 6.30. The number of nitrogens with zero attached hydrogens (tertiary/aromatic N) is 1. The Morgan fingerprint density at radius 1 is 0.957 bits per heavy atom. The van der Waals surface area contributed by atoms with E-state index in [1.807, 2.05) is 0 Å². The fraction of sp³-hybridized carbons (Fsp3) is 0.588. The zero-order valence-electron chi connectivity index (χ0n) is 13.2. The summed E-state index contributed by atoms with van der Waals surface area (Å²) in [5.41, 5.74) is 0.413. The van der Waals surface area contributed by atoms with Crippen LogP contribution in [0.25, 0.3) is 0 Å². The maximum absolute atomic E-state index is 12.4. The SMILES string of the molecule is O=C(OC1CCCCC1)c1ccc(S(=O)(=O)N2CCCC2)cc1. The summed E-state index contributed by atoms with van der Waals surface area (Å²) in [5.74, 6) is -0.359. The zero-order valence-corrected chi connectivity index (χ0v) is 14.1. The van der Waals surface area contributed by atoms with Crippen molar-refractivity contribution in [1.82, 2.24) is 4.31 Å². The molecule has 1 aromatic carbocycles. The van der Waals surface area contributed by atoms with E-state index in [9.17, 15) is 13.2 Å². The molecule has 0 N–H and O–H groups in total. The van der Waals surface area contributed by atoms with Gasteiger partial charge in [0.25, 0.3) is 0 Å². The highest BCUT2D eigenvalue weighted by Crippen LogP contribution is 2.23. The van der Waals surface area contributed by atoms with Crippen molar-refractivity contribution < 1.29 is 17.9 Å². The molecule has 2 aliphatic rings. The number of esters is 1. The minimum atomic E-state index is -3.43. The van der Waals surface area contributed by atoms with Crippen molar-refractivity contribution in [1.29, 1.82) is 0 Å². The summed E-state index contributed by atoms with van der Waals surface area (Å²) in [7, 11) is -3.43. The van der Waals surface area contributed by atoms with E-state index in [0.29, 0.717) is 18.7 Å². The van der Waals surface area contributed by atoms with Crippen LogP contribution >= 0.6 is 0 Å². The number of benzene rings is 1. The second-order valence-corrected chi connectivity index (χ2v) is 8.24.